The van der Waals surface area contributed by atoms with Crippen LogP contribution >= 0.6 is 39.1 Å². The van der Waals surface area contributed by atoms with E-state index in [0.717, 1.165) is 0 Å². The Hall–Kier alpha value is -1.30. The van der Waals surface area contributed by atoms with Gasteiger partial charge in [-0.05, 0) is 40.2 Å². The van der Waals surface area contributed by atoms with Crippen molar-refractivity contribution in [1.29, 1.82) is 0 Å². The van der Waals surface area contributed by atoms with Gasteiger partial charge in [-0.3, -0.25) is 4.79 Å². The molecule has 0 fully saturated rings. The van der Waals surface area contributed by atoms with Gasteiger partial charge < -0.3 is 11.1 Å². The van der Waals surface area contributed by atoms with Crippen molar-refractivity contribution < 1.29 is 4.79 Å². The number of hydrogen-bond acceptors (Lipinski definition) is 3. The Morgan fingerprint density at radius 1 is 1.32 bits per heavy atom. The minimum absolute atomic E-state index is 0.165. The molecule has 4 nitrogen and oxygen atoms in total. The lowest BCUT2D eigenvalue weighted by molar-refractivity contribution is 0.102. The third-order valence-corrected chi connectivity index (χ3v) is 3.55. The number of anilines is 2. The van der Waals surface area contributed by atoms with E-state index in [2.05, 4.69) is 26.2 Å². The molecule has 0 spiro atoms. The molecule has 0 aliphatic rings. The fraction of sp³-hybridized carbons (Fsp3) is 0. The molecule has 1 amide bonds. The summed E-state index contributed by atoms with van der Waals surface area (Å²) in [6.07, 6.45) is 1.52. The monoisotopic (exact) mass is 359 g/mol. The number of rotatable bonds is 2. The molecule has 0 bridgehead atoms. The van der Waals surface area contributed by atoms with Gasteiger partial charge >= 0.3 is 0 Å². The van der Waals surface area contributed by atoms with Crippen LogP contribution in [0, 0.1) is 0 Å². The summed E-state index contributed by atoms with van der Waals surface area (Å²) in [6, 6.07) is 6.37. The Labute approximate surface area is 128 Å². The first-order chi connectivity index (χ1) is 8.97. The molecular weight excluding hydrogens is 353 g/mol. The van der Waals surface area contributed by atoms with Crippen LogP contribution in [0.1, 0.15) is 10.4 Å². The van der Waals surface area contributed by atoms with E-state index in [-0.39, 0.29) is 15.6 Å². The second-order valence-corrected chi connectivity index (χ2v) is 5.29. The van der Waals surface area contributed by atoms with E-state index in [1.807, 2.05) is 0 Å². The van der Waals surface area contributed by atoms with Crippen LogP contribution in [-0.2, 0) is 0 Å². The quantitative estimate of drug-likeness (QED) is 0.628. The molecule has 0 saturated carbocycles. The molecular formula is C12H8BrCl2N3O. The Balaban J connectivity index is 2.27. The minimum Gasteiger partial charge on any atom is -0.399 e. The predicted octanol–water partition coefficient (Wildman–Crippen LogP) is 3.99. The molecule has 19 heavy (non-hydrogen) atoms. The molecule has 0 radical (unpaired) electrons. The molecule has 0 saturated heterocycles. The summed E-state index contributed by atoms with van der Waals surface area (Å²) in [4.78, 5) is 16.1. The first-order valence-corrected chi connectivity index (χ1v) is 6.69. The topological polar surface area (TPSA) is 68.0 Å². The van der Waals surface area contributed by atoms with Gasteiger partial charge in [0.15, 0.2) is 0 Å². The van der Waals surface area contributed by atoms with Crippen molar-refractivity contribution in [1.82, 2.24) is 4.98 Å². The molecule has 0 atom stereocenters. The van der Waals surface area contributed by atoms with E-state index in [1.165, 1.54) is 18.3 Å². The van der Waals surface area contributed by atoms with E-state index in [0.29, 0.717) is 16.0 Å². The lowest BCUT2D eigenvalue weighted by Gasteiger charge is -2.08. The van der Waals surface area contributed by atoms with Crippen molar-refractivity contribution in [2.75, 3.05) is 11.1 Å². The normalized spacial score (nSPS) is 10.3. The number of amides is 1. The number of aromatic nitrogens is 1. The molecule has 0 unspecified atom stereocenters. The highest BCUT2D eigenvalue weighted by molar-refractivity contribution is 9.10. The standard InChI is InChI=1S/C12H8BrCl2N3O/c13-10-2-1-7(5-17-10)18-12(19)8-3-6(16)4-9(14)11(8)15/h1-5H,16H2,(H,18,19). The first-order valence-electron chi connectivity index (χ1n) is 5.15. The van der Waals surface area contributed by atoms with Gasteiger partial charge in [-0.1, -0.05) is 23.2 Å². The summed E-state index contributed by atoms with van der Waals surface area (Å²) >= 11 is 15.1. The number of carbonyl (C=O) groups is 1. The zero-order valence-corrected chi connectivity index (χ0v) is 12.6. The highest BCUT2D eigenvalue weighted by atomic mass is 79.9. The highest BCUT2D eigenvalue weighted by Crippen LogP contribution is 2.29. The zero-order valence-electron chi connectivity index (χ0n) is 9.45. The number of pyridine rings is 1. The third kappa shape index (κ3) is 3.37. The van der Waals surface area contributed by atoms with E-state index in [9.17, 15) is 4.79 Å². The van der Waals surface area contributed by atoms with E-state index >= 15 is 0 Å². The van der Waals surface area contributed by atoms with Gasteiger partial charge in [-0.25, -0.2) is 4.98 Å². The maximum atomic E-state index is 12.1. The molecule has 0 aliphatic heterocycles. The predicted molar refractivity (Wildman–Crippen MR) is 80.8 cm³/mol. The first kappa shape index (κ1) is 14.1. The van der Waals surface area contributed by atoms with Crippen LogP contribution in [-0.4, -0.2) is 10.9 Å². The Morgan fingerprint density at radius 3 is 2.68 bits per heavy atom. The molecule has 3 N–H and O–H groups in total. The largest absolute Gasteiger partial charge is 0.399 e. The van der Waals surface area contributed by atoms with Crippen LogP contribution in [0.25, 0.3) is 0 Å². The second-order valence-electron chi connectivity index (χ2n) is 3.69. The lowest BCUT2D eigenvalue weighted by atomic mass is 10.2. The maximum absolute atomic E-state index is 12.1. The van der Waals surface area contributed by atoms with Gasteiger partial charge in [0.25, 0.3) is 5.91 Å². The molecule has 2 aromatic rings. The summed E-state index contributed by atoms with van der Waals surface area (Å²) in [5.74, 6) is -0.400. The zero-order chi connectivity index (χ0) is 14.0. The summed E-state index contributed by atoms with van der Waals surface area (Å²) in [6.45, 7) is 0. The number of nitrogens with zero attached hydrogens (tertiary/aromatic N) is 1. The number of hydrogen-bond donors (Lipinski definition) is 2. The van der Waals surface area contributed by atoms with Crippen molar-refractivity contribution in [3.8, 4) is 0 Å². The van der Waals surface area contributed by atoms with Crippen molar-refractivity contribution in [2.45, 2.75) is 0 Å². The number of halogens is 3. The van der Waals surface area contributed by atoms with E-state index < -0.39 is 5.91 Å². The van der Waals surface area contributed by atoms with Crippen molar-refractivity contribution in [3.63, 3.8) is 0 Å². The van der Waals surface area contributed by atoms with Crippen molar-refractivity contribution in [3.05, 3.63) is 50.7 Å². The van der Waals surface area contributed by atoms with Crippen LogP contribution in [0.3, 0.4) is 0 Å². The van der Waals surface area contributed by atoms with Gasteiger partial charge in [0.05, 0.1) is 27.5 Å². The summed E-state index contributed by atoms with van der Waals surface area (Å²) in [7, 11) is 0. The van der Waals surface area contributed by atoms with Crippen LogP contribution in [0.4, 0.5) is 11.4 Å². The van der Waals surface area contributed by atoms with Crippen LogP contribution < -0.4 is 11.1 Å². The van der Waals surface area contributed by atoms with Gasteiger partial charge in [-0.2, -0.15) is 0 Å². The molecule has 1 heterocycles. The number of benzene rings is 1. The minimum atomic E-state index is -0.400. The van der Waals surface area contributed by atoms with Crippen LogP contribution in [0.15, 0.2) is 35.1 Å². The SMILES string of the molecule is Nc1cc(Cl)c(Cl)c(C(=O)Nc2ccc(Br)nc2)c1. The molecule has 1 aromatic carbocycles. The number of nitrogens with two attached hydrogens (primary N) is 1. The summed E-state index contributed by atoms with van der Waals surface area (Å²) in [5.41, 5.74) is 6.77. The molecule has 1 aromatic heterocycles. The Bertz CT molecular complexity index is 632. The Morgan fingerprint density at radius 2 is 2.05 bits per heavy atom. The summed E-state index contributed by atoms with van der Waals surface area (Å²) < 4.78 is 0.676. The number of nitrogens with one attached hydrogen (secondary N) is 1. The number of nitrogen functional groups attached to an aromatic ring is 1. The summed E-state index contributed by atoms with van der Waals surface area (Å²) in [5, 5.41) is 3.06. The maximum Gasteiger partial charge on any atom is 0.257 e. The fourth-order valence-corrected chi connectivity index (χ4v) is 2.08. The molecule has 2 rings (SSSR count). The smallest absolute Gasteiger partial charge is 0.257 e. The van der Waals surface area contributed by atoms with Gasteiger partial charge in [-0.15, -0.1) is 0 Å². The fourth-order valence-electron chi connectivity index (χ4n) is 1.42. The van der Waals surface area contributed by atoms with Crippen molar-refractivity contribution in [2.24, 2.45) is 0 Å². The lowest BCUT2D eigenvalue weighted by Crippen LogP contribution is -2.13. The van der Waals surface area contributed by atoms with Gasteiger partial charge in [0, 0.05) is 5.69 Å². The Kier molecular flexibility index (Phi) is 4.29. The molecule has 98 valence electrons. The second kappa shape index (κ2) is 5.77. The van der Waals surface area contributed by atoms with Crippen LogP contribution in [0.5, 0.6) is 0 Å². The van der Waals surface area contributed by atoms with Gasteiger partial charge in [0.1, 0.15) is 4.60 Å². The van der Waals surface area contributed by atoms with Crippen LogP contribution in [0.2, 0.25) is 10.0 Å². The van der Waals surface area contributed by atoms with Gasteiger partial charge in [0.2, 0.25) is 0 Å². The average Bonchev–Trinajstić information content (AvgIpc) is 2.36. The molecule has 7 heteroatoms. The van der Waals surface area contributed by atoms with E-state index in [1.54, 1.807) is 12.1 Å². The third-order valence-electron chi connectivity index (χ3n) is 2.28. The average molecular weight is 361 g/mol. The van der Waals surface area contributed by atoms with Crippen molar-refractivity contribution >= 4 is 56.4 Å². The highest BCUT2D eigenvalue weighted by Gasteiger charge is 2.14. The van der Waals surface area contributed by atoms with E-state index in [4.69, 9.17) is 28.9 Å². The molecule has 0 aliphatic carbocycles. The number of carbonyl (C=O) groups excluding carboxylic acids is 1.